The highest BCUT2D eigenvalue weighted by Gasteiger charge is 2.32. The number of nitrogens with one attached hydrogen (secondary N) is 2. The first-order valence-electron chi connectivity index (χ1n) is 11.7. The van der Waals surface area contributed by atoms with Crippen LogP contribution in [-0.2, 0) is 11.4 Å². The zero-order valence-corrected chi connectivity index (χ0v) is 19.4. The van der Waals surface area contributed by atoms with Gasteiger partial charge in [0.1, 0.15) is 18.2 Å². The van der Waals surface area contributed by atoms with Gasteiger partial charge in [-0.2, -0.15) is 0 Å². The van der Waals surface area contributed by atoms with Crippen LogP contribution in [0.1, 0.15) is 66.5 Å². The fraction of sp³-hybridized carbons (Fsp3) is 0.385. The van der Waals surface area contributed by atoms with Crippen LogP contribution in [0.5, 0.6) is 5.75 Å². The van der Waals surface area contributed by atoms with Gasteiger partial charge in [0.05, 0.1) is 22.6 Å². The Balaban J connectivity index is 1.41. The van der Waals surface area contributed by atoms with E-state index in [4.69, 9.17) is 4.74 Å². The summed E-state index contributed by atoms with van der Waals surface area (Å²) >= 11 is 1.50. The van der Waals surface area contributed by atoms with Crippen LogP contribution in [0.15, 0.2) is 59.4 Å². The first-order chi connectivity index (χ1) is 16.2. The van der Waals surface area contributed by atoms with E-state index in [1.165, 1.54) is 24.6 Å². The van der Waals surface area contributed by atoms with Crippen molar-refractivity contribution in [2.45, 2.75) is 56.4 Å². The molecule has 1 aliphatic heterocycles. The molecule has 6 nitrogen and oxygen atoms in total. The summed E-state index contributed by atoms with van der Waals surface area (Å²) in [6, 6.07) is 18.2. The number of carbonyl (C=O) groups is 1. The lowest BCUT2D eigenvalue weighted by Gasteiger charge is -2.19. The van der Waals surface area contributed by atoms with Crippen LogP contribution in [0.25, 0.3) is 0 Å². The quantitative estimate of drug-likeness (QED) is 0.495. The van der Waals surface area contributed by atoms with Gasteiger partial charge in [-0.1, -0.05) is 68.1 Å². The number of anilines is 1. The molecule has 1 atom stereocenters. The fourth-order valence-electron chi connectivity index (χ4n) is 4.78. The van der Waals surface area contributed by atoms with E-state index in [2.05, 4.69) is 10.4 Å². The predicted molar refractivity (Wildman–Crippen MR) is 132 cm³/mol. The first kappa shape index (κ1) is 21.9. The Morgan fingerprint density at radius 2 is 1.67 bits per heavy atom. The van der Waals surface area contributed by atoms with Gasteiger partial charge in [-0.25, -0.2) is 0 Å². The minimum atomic E-state index is -0.210. The number of hydrogen-bond donors (Lipinski definition) is 2. The fourth-order valence-corrected chi connectivity index (χ4v) is 5.90. The molecule has 1 aromatic heterocycles. The Morgan fingerprint density at radius 3 is 2.39 bits per heavy atom. The number of carbonyl (C=O) groups excluding carboxylic acids is 1. The maximum atomic E-state index is 13.1. The molecule has 2 aromatic carbocycles. The molecule has 0 radical (unpaired) electrons. The SMILES string of the molecule is O=C1CS[C@@H](c2ccc(OCc3ccccc3)cc2)c2c(n(C3CCCCCC3)[nH]c2=O)N1. The van der Waals surface area contributed by atoms with E-state index in [0.29, 0.717) is 23.7 Å². The van der Waals surface area contributed by atoms with Crippen LogP contribution in [0.4, 0.5) is 5.82 Å². The molecule has 5 rings (SSSR count). The molecule has 33 heavy (non-hydrogen) atoms. The summed E-state index contributed by atoms with van der Waals surface area (Å²) in [4.78, 5) is 25.6. The summed E-state index contributed by atoms with van der Waals surface area (Å²) in [6.45, 7) is 0.505. The minimum Gasteiger partial charge on any atom is -0.489 e. The first-order valence-corrected chi connectivity index (χ1v) is 12.8. The second-order valence-corrected chi connectivity index (χ2v) is 9.89. The Kier molecular flexibility index (Phi) is 6.58. The van der Waals surface area contributed by atoms with Gasteiger partial charge < -0.3 is 10.1 Å². The molecule has 2 aliphatic rings. The topological polar surface area (TPSA) is 76.1 Å². The zero-order valence-electron chi connectivity index (χ0n) is 18.6. The Hall–Kier alpha value is -2.93. The van der Waals surface area contributed by atoms with Crippen molar-refractivity contribution in [2.75, 3.05) is 11.1 Å². The molecule has 1 aliphatic carbocycles. The predicted octanol–water partition coefficient (Wildman–Crippen LogP) is 5.43. The second kappa shape index (κ2) is 9.91. The van der Waals surface area contributed by atoms with Gasteiger partial charge in [-0.15, -0.1) is 11.8 Å². The van der Waals surface area contributed by atoms with Crippen LogP contribution in [0.3, 0.4) is 0 Å². The minimum absolute atomic E-state index is 0.0621. The molecule has 172 valence electrons. The van der Waals surface area contributed by atoms with Gasteiger partial charge in [0.25, 0.3) is 5.56 Å². The van der Waals surface area contributed by atoms with Crippen LogP contribution >= 0.6 is 11.8 Å². The average Bonchev–Trinajstić information content (AvgIpc) is 3.04. The third-order valence-corrected chi connectivity index (χ3v) is 7.75. The highest BCUT2D eigenvalue weighted by Crippen LogP contribution is 2.41. The van der Waals surface area contributed by atoms with Crippen LogP contribution in [-0.4, -0.2) is 21.4 Å². The number of benzene rings is 2. The normalized spacial score (nSPS) is 19.3. The number of aromatic amines is 1. The molecule has 2 N–H and O–H groups in total. The Bertz CT molecular complexity index is 1150. The maximum Gasteiger partial charge on any atom is 0.270 e. The summed E-state index contributed by atoms with van der Waals surface area (Å²) in [5.74, 6) is 1.68. The van der Waals surface area contributed by atoms with Crippen molar-refractivity contribution < 1.29 is 9.53 Å². The van der Waals surface area contributed by atoms with Crippen molar-refractivity contribution in [3.8, 4) is 5.75 Å². The number of nitrogens with zero attached hydrogens (tertiary/aromatic N) is 1. The van der Waals surface area contributed by atoms with E-state index in [1.807, 2.05) is 59.3 Å². The lowest BCUT2D eigenvalue weighted by Crippen LogP contribution is -2.19. The molecular weight excluding hydrogens is 434 g/mol. The highest BCUT2D eigenvalue weighted by molar-refractivity contribution is 8.00. The van der Waals surface area contributed by atoms with E-state index >= 15 is 0 Å². The molecule has 0 unspecified atom stereocenters. The molecule has 7 heteroatoms. The second-order valence-electron chi connectivity index (χ2n) is 8.80. The van der Waals surface area contributed by atoms with E-state index in [1.54, 1.807) is 0 Å². The smallest absolute Gasteiger partial charge is 0.270 e. The van der Waals surface area contributed by atoms with E-state index in [9.17, 15) is 9.59 Å². The number of rotatable bonds is 5. The van der Waals surface area contributed by atoms with Gasteiger partial charge >= 0.3 is 0 Å². The number of thioether (sulfide) groups is 1. The van der Waals surface area contributed by atoms with Crippen molar-refractivity contribution in [1.29, 1.82) is 0 Å². The molecule has 0 saturated heterocycles. The summed E-state index contributed by atoms with van der Waals surface area (Å²) in [5, 5.41) is 5.87. The maximum absolute atomic E-state index is 13.1. The third-order valence-electron chi connectivity index (χ3n) is 6.48. The molecule has 1 saturated carbocycles. The molecule has 0 bridgehead atoms. The number of aromatic nitrogens is 2. The zero-order chi connectivity index (χ0) is 22.6. The van der Waals surface area contributed by atoms with Crippen molar-refractivity contribution >= 4 is 23.5 Å². The third kappa shape index (κ3) is 4.88. The Morgan fingerprint density at radius 1 is 0.939 bits per heavy atom. The van der Waals surface area contributed by atoms with Crippen molar-refractivity contribution in [3.63, 3.8) is 0 Å². The van der Waals surface area contributed by atoms with Crippen molar-refractivity contribution in [2.24, 2.45) is 0 Å². The van der Waals surface area contributed by atoms with Crippen molar-refractivity contribution in [1.82, 2.24) is 9.78 Å². The summed E-state index contributed by atoms with van der Waals surface area (Å²) in [6.07, 6.45) is 6.81. The van der Waals surface area contributed by atoms with Gasteiger partial charge in [0, 0.05) is 0 Å². The van der Waals surface area contributed by atoms with E-state index < -0.39 is 0 Å². The van der Waals surface area contributed by atoms with E-state index in [-0.39, 0.29) is 22.8 Å². The lowest BCUT2D eigenvalue weighted by molar-refractivity contribution is -0.113. The average molecular weight is 464 g/mol. The highest BCUT2D eigenvalue weighted by atomic mass is 32.2. The molecule has 3 aromatic rings. The van der Waals surface area contributed by atoms with Gasteiger partial charge in [-0.3, -0.25) is 19.4 Å². The van der Waals surface area contributed by atoms with Gasteiger partial charge in [-0.05, 0) is 36.1 Å². The molecule has 0 spiro atoms. The number of hydrogen-bond acceptors (Lipinski definition) is 4. The molecule has 2 heterocycles. The number of fused-ring (bicyclic) bond motifs is 1. The molecule has 1 amide bonds. The summed E-state index contributed by atoms with van der Waals surface area (Å²) < 4.78 is 7.86. The summed E-state index contributed by atoms with van der Waals surface area (Å²) in [7, 11) is 0. The van der Waals surface area contributed by atoms with Gasteiger partial charge in [0.15, 0.2) is 0 Å². The standard InChI is InChI=1S/C26H29N3O3S/c30-22-17-33-24(19-12-14-21(15-13-19)32-16-18-8-4-3-5-9-18)23-25(27-22)29(28-26(23)31)20-10-6-1-2-7-11-20/h3-5,8-9,12-15,20,24H,1-2,6-7,10-11,16-17H2,(H,27,30)(H,28,31)/t24-/m0/s1. The van der Waals surface area contributed by atoms with Crippen LogP contribution < -0.4 is 15.6 Å². The monoisotopic (exact) mass is 463 g/mol. The molecular formula is C26H29N3O3S. The number of H-pyrrole nitrogens is 1. The largest absolute Gasteiger partial charge is 0.489 e. The number of amides is 1. The Labute approximate surface area is 197 Å². The van der Waals surface area contributed by atoms with Crippen molar-refractivity contribution in [3.05, 3.63) is 81.6 Å². The van der Waals surface area contributed by atoms with Crippen LogP contribution in [0.2, 0.25) is 0 Å². The molecule has 1 fully saturated rings. The van der Waals surface area contributed by atoms with Crippen LogP contribution in [0, 0.1) is 0 Å². The van der Waals surface area contributed by atoms with E-state index in [0.717, 1.165) is 42.6 Å². The summed E-state index contributed by atoms with van der Waals surface area (Å²) in [5.41, 5.74) is 2.64. The van der Waals surface area contributed by atoms with Gasteiger partial charge in [0.2, 0.25) is 5.91 Å². The number of ether oxygens (including phenoxy) is 1. The lowest BCUT2D eigenvalue weighted by atomic mass is 10.1.